The Kier molecular flexibility index (Phi) is 3.12. The number of rotatable bonds is 4. The minimum atomic E-state index is -0.548. The second-order valence-corrected chi connectivity index (χ2v) is 4.08. The van der Waals surface area contributed by atoms with Crippen LogP contribution in [0.5, 0.6) is 0 Å². The molecule has 0 atom stereocenters. The third-order valence-corrected chi connectivity index (χ3v) is 2.73. The number of tetrazole rings is 1. The molecular weight excluding hydrogens is 260 g/mol. The molecule has 0 spiro atoms. The number of nitrogens with one attached hydrogen (secondary N) is 1. The van der Waals surface area contributed by atoms with E-state index in [0.717, 1.165) is 11.0 Å². The number of nitrogens with zero attached hydrogens (tertiary/aromatic N) is 5. The van der Waals surface area contributed by atoms with Gasteiger partial charge in [-0.25, -0.2) is 14.5 Å². The van der Waals surface area contributed by atoms with Crippen LogP contribution >= 0.6 is 0 Å². The fourth-order valence-electron chi connectivity index (χ4n) is 1.88. The molecule has 0 radical (unpaired) electrons. The number of benzene rings is 1. The first-order chi connectivity index (χ1) is 9.78. The zero-order valence-corrected chi connectivity index (χ0v) is 10.8. The maximum absolute atomic E-state index is 11.7. The molecular formula is C12H12N6O2. The Balaban J connectivity index is 1.87. The lowest BCUT2D eigenvalue weighted by atomic mass is 10.3. The van der Waals surface area contributed by atoms with Crippen molar-refractivity contribution in [3.8, 4) is 0 Å². The topological polar surface area (TPSA) is 98.6 Å². The van der Waals surface area contributed by atoms with Gasteiger partial charge in [0.1, 0.15) is 12.4 Å². The average Bonchev–Trinajstić information content (AvgIpc) is 3.05. The predicted molar refractivity (Wildman–Crippen MR) is 69.0 cm³/mol. The number of para-hydroxylation sites is 2. The van der Waals surface area contributed by atoms with Crippen molar-refractivity contribution in [2.45, 2.75) is 13.5 Å². The molecule has 0 unspecified atom stereocenters. The van der Waals surface area contributed by atoms with Crippen molar-refractivity contribution in [1.29, 1.82) is 0 Å². The van der Waals surface area contributed by atoms with Gasteiger partial charge in [0.2, 0.25) is 0 Å². The number of carbonyl (C=O) groups is 1. The van der Waals surface area contributed by atoms with E-state index in [4.69, 9.17) is 4.74 Å². The van der Waals surface area contributed by atoms with Crippen LogP contribution in [0.25, 0.3) is 11.0 Å². The van der Waals surface area contributed by atoms with Crippen LogP contribution in [0.3, 0.4) is 0 Å². The zero-order chi connectivity index (χ0) is 13.9. The highest BCUT2D eigenvalue weighted by molar-refractivity contribution is 5.85. The molecule has 20 heavy (non-hydrogen) atoms. The van der Waals surface area contributed by atoms with E-state index >= 15 is 0 Å². The third-order valence-electron chi connectivity index (χ3n) is 2.73. The highest BCUT2D eigenvalue weighted by atomic mass is 16.5. The molecule has 0 saturated carbocycles. The van der Waals surface area contributed by atoms with Gasteiger partial charge in [0.05, 0.1) is 17.6 Å². The molecule has 2 aromatic heterocycles. The molecule has 8 nitrogen and oxygen atoms in total. The van der Waals surface area contributed by atoms with E-state index in [0.29, 0.717) is 5.82 Å². The molecule has 3 aromatic rings. The van der Waals surface area contributed by atoms with E-state index in [1.165, 1.54) is 4.68 Å². The quantitative estimate of drug-likeness (QED) is 0.704. The van der Waals surface area contributed by atoms with Crippen molar-refractivity contribution in [2.75, 3.05) is 6.61 Å². The minimum absolute atomic E-state index is 0.0623. The van der Waals surface area contributed by atoms with Crippen molar-refractivity contribution in [3.63, 3.8) is 0 Å². The first kappa shape index (κ1) is 12.3. The van der Waals surface area contributed by atoms with Gasteiger partial charge in [-0.3, -0.25) is 0 Å². The van der Waals surface area contributed by atoms with E-state index in [1.807, 2.05) is 24.3 Å². The number of hydrogen-bond acceptors (Lipinski definition) is 6. The monoisotopic (exact) mass is 272 g/mol. The van der Waals surface area contributed by atoms with Gasteiger partial charge in [-0.15, -0.1) is 5.10 Å². The number of fused-ring (bicyclic) bond motifs is 1. The lowest BCUT2D eigenvalue weighted by molar-refractivity contribution is 0.0505. The molecule has 0 aliphatic carbocycles. The molecule has 0 amide bonds. The third kappa shape index (κ3) is 2.22. The summed E-state index contributed by atoms with van der Waals surface area (Å²) in [6, 6.07) is 7.66. The molecule has 0 saturated heterocycles. The summed E-state index contributed by atoms with van der Waals surface area (Å²) in [5.74, 6) is 0.185. The number of H-pyrrole nitrogens is 1. The minimum Gasteiger partial charge on any atom is -0.460 e. The molecule has 0 fully saturated rings. The number of imidazole rings is 1. The van der Waals surface area contributed by atoms with Crippen LogP contribution in [0.4, 0.5) is 0 Å². The fourth-order valence-corrected chi connectivity index (χ4v) is 1.88. The van der Waals surface area contributed by atoms with Crippen LogP contribution in [0, 0.1) is 0 Å². The Morgan fingerprint density at radius 2 is 2.25 bits per heavy atom. The number of esters is 1. The van der Waals surface area contributed by atoms with Gasteiger partial charge in [0, 0.05) is 0 Å². The van der Waals surface area contributed by atoms with Gasteiger partial charge in [0.15, 0.2) is 0 Å². The summed E-state index contributed by atoms with van der Waals surface area (Å²) in [7, 11) is 0. The second-order valence-electron chi connectivity index (χ2n) is 4.08. The Bertz CT molecular complexity index is 714. The van der Waals surface area contributed by atoms with Crippen LogP contribution in [-0.4, -0.2) is 42.8 Å². The molecule has 0 aliphatic heterocycles. The highest BCUT2D eigenvalue weighted by Gasteiger charge is 2.17. The summed E-state index contributed by atoms with van der Waals surface area (Å²) in [5, 5.41) is 10.9. The van der Waals surface area contributed by atoms with E-state index in [2.05, 4.69) is 25.5 Å². The van der Waals surface area contributed by atoms with Crippen LogP contribution < -0.4 is 0 Å². The first-order valence-electron chi connectivity index (χ1n) is 6.15. The summed E-state index contributed by atoms with van der Waals surface area (Å²) in [6.45, 7) is 2.28. The number of aromatic amines is 1. The molecule has 0 bridgehead atoms. The summed E-state index contributed by atoms with van der Waals surface area (Å²) in [5.41, 5.74) is 1.78. The highest BCUT2D eigenvalue weighted by Crippen LogP contribution is 2.11. The molecule has 1 aromatic carbocycles. The summed E-state index contributed by atoms with van der Waals surface area (Å²) in [4.78, 5) is 19.2. The maximum atomic E-state index is 11.7. The van der Waals surface area contributed by atoms with E-state index in [9.17, 15) is 4.79 Å². The molecule has 1 N–H and O–H groups in total. The van der Waals surface area contributed by atoms with Gasteiger partial charge < -0.3 is 9.72 Å². The van der Waals surface area contributed by atoms with Crippen LogP contribution in [0.15, 0.2) is 24.3 Å². The standard InChI is InChI=1S/C12H12N6O2/c1-2-20-12(19)11-15-16-17-18(11)7-10-13-8-5-3-4-6-9(8)14-10/h3-6H,2,7H2,1H3,(H,13,14). The summed E-state index contributed by atoms with van der Waals surface area (Å²) in [6.07, 6.45) is 0. The van der Waals surface area contributed by atoms with Crippen molar-refractivity contribution in [1.82, 2.24) is 30.2 Å². The van der Waals surface area contributed by atoms with Crippen LogP contribution in [-0.2, 0) is 11.3 Å². The summed E-state index contributed by atoms with van der Waals surface area (Å²) < 4.78 is 6.25. The van der Waals surface area contributed by atoms with Gasteiger partial charge >= 0.3 is 5.97 Å². The summed E-state index contributed by atoms with van der Waals surface area (Å²) >= 11 is 0. The van der Waals surface area contributed by atoms with Crippen LogP contribution in [0.1, 0.15) is 23.4 Å². The van der Waals surface area contributed by atoms with E-state index in [1.54, 1.807) is 6.92 Å². The normalized spacial score (nSPS) is 10.8. The number of hydrogen-bond donors (Lipinski definition) is 1. The van der Waals surface area contributed by atoms with Gasteiger partial charge in [0.25, 0.3) is 5.82 Å². The number of carbonyl (C=O) groups excluding carboxylic acids is 1. The van der Waals surface area contributed by atoms with Gasteiger partial charge in [-0.05, 0) is 29.5 Å². The molecule has 8 heteroatoms. The predicted octanol–water partition coefficient (Wildman–Crippen LogP) is 0.774. The van der Waals surface area contributed by atoms with Crippen molar-refractivity contribution >= 4 is 17.0 Å². The largest absolute Gasteiger partial charge is 0.460 e. The number of aromatic nitrogens is 6. The van der Waals surface area contributed by atoms with Gasteiger partial charge in [-0.1, -0.05) is 12.1 Å². The Hall–Kier alpha value is -2.77. The number of ether oxygens (including phenoxy) is 1. The van der Waals surface area contributed by atoms with Gasteiger partial charge in [-0.2, -0.15) is 0 Å². The van der Waals surface area contributed by atoms with Crippen molar-refractivity contribution in [3.05, 3.63) is 35.9 Å². The van der Waals surface area contributed by atoms with Crippen molar-refractivity contribution < 1.29 is 9.53 Å². The Labute approximate surface area is 113 Å². The first-order valence-corrected chi connectivity index (χ1v) is 6.15. The van der Waals surface area contributed by atoms with E-state index in [-0.39, 0.29) is 19.0 Å². The van der Waals surface area contributed by atoms with Crippen molar-refractivity contribution in [2.24, 2.45) is 0 Å². The Morgan fingerprint density at radius 3 is 3.05 bits per heavy atom. The fraction of sp³-hybridized carbons (Fsp3) is 0.250. The maximum Gasteiger partial charge on any atom is 0.378 e. The zero-order valence-electron chi connectivity index (χ0n) is 10.8. The Morgan fingerprint density at radius 1 is 1.40 bits per heavy atom. The lowest BCUT2D eigenvalue weighted by Crippen LogP contribution is -2.15. The average molecular weight is 272 g/mol. The molecule has 102 valence electrons. The van der Waals surface area contributed by atoms with Crippen LogP contribution in [0.2, 0.25) is 0 Å². The molecule has 3 rings (SSSR count). The molecule has 0 aliphatic rings. The SMILES string of the molecule is CCOC(=O)c1nnnn1Cc1nc2ccccc2[nH]1. The second kappa shape index (κ2) is 5.08. The smallest absolute Gasteiger partial charge is 0.378 e. The molecule has 2 heterocycles. The van der Waals surface area contributed by atoms with E-state index < -0.39 is 5.97 Å². The lowest BCUT2D eigenvalue weighted by Gasteiger charge is -2.01.